The molecule has 1 atom stereocenters. The van der Waals surface area contributed by atoms with Crippen molar-refractivity contribution < 1.29 is 9.59 Å². The second kappa shape index (κ2) is 8.36. The van der Waals surface area contributed by atoms with E-state index < -0.39 is 0 Å². The highest BCUT2D eigenvalue weighted by molar-refractivity contribution is 7.98. The third-order valence-corrected chi connectivity index (χ3v) is 5.39. The van der Waals surface area contributed by atoms with Gasteiger partial charge in [-0.25, -0.2) is 4.98 Å². The summed E-state index contributed by atoms with van der Waals surface area (Å²) in [5.74, 6) is 0.470. The number of hydrogen-bond donors (Lipinski definition) is 1. The summed E-state index contributed by atoms with van der Waals surface area (Å²) in [6, 6.07) is 13.8. The van der Waals surface area contributed by atoms with Crippen LogP contribution in [0.5, 0.6) is 0 Å². The number of benzene rings is 1. The molecule has 0 saturated carbocycles. The molecule has 1 fully saturated rings. The highest BCUT2D eigenvalue weighted by atomic mass is 32.2. The number of nitrogens with one attached hydrogen (secondary N) is 1. The van der Waals surface area contributed by atoms with Crippen LogP contribution in [0.25, 0.3) is 0 Å². The predicted octanol–water partition coefficient (Wildman–Crippen LogP) is 3.57. The number of likely N-dealkylation sites (tertiary alicyclic amines) is 1. The van der Waals surface area contributed by atoms with E-state index in [-0.39, 0.29) is 23.8 Å². The third-order valence-electron chi connectivity index (χ3n) is 4.37. The predicted molar refractivity (Wildman–Crippen MR) is 104 cm³/mol. The minimum Gasteiger partial charge on any atom is -0.339 e. The molecule has 26 heavy (non-hydrogen) atoms. The lowest BCUT2D eigenvalue weighted by atomic mass is 10.1. The van der Waals surface area contributed by atoms with Gasteiger partial charge in [0.1, 0.15) is 0 Å². The van der Waals surface area contributed by atoms with Crippen molar-refractivity contribution in [1.82, 2.24) is 9.88 Å². The second-order valence-electron chi connectivity index (χ2n) is 6.69. The molecular formula is C20H23N3O2S. The fourth-order valence-corrected chi connectivity index (χ4v) is 3.78. The number of carbonyl (C=O) groups is 2. The van der Waals surface area contributed by atoms with E-state index in [4.69, 9.17) is 0 Å². The standard InChI is InChI=1S/C20H23N3O2S/c1-14(2)23-12-16(11-19(23)24)20(25)22-17-7-5-6-15(10-17)13-26-18-8-3-4-9-21-18/h3-10,14,16H,11-13H2,1-2H3,(H,22,25). The molecule has 2 amide bonds. The summed E-state index contributed by atoms with van der Waals surface area (Å²) < 4.78 is 0. The molecule has 1 aromatic heterocycles. The van der Waals surface area contributed by atoms with E-state index >= 15 is 0 Å². The number of aromatic nitrogens is 1. The van der Waals surface area contributed by atoms with Gasteiger partial charge in [0.15, 0.2) is 0 Å². The van der Waals surface area contributed by atoms with Gasteiger partial charge in [-0.15, -0.1) is 11.8 Å². The Hall–Kier alpha value is -2.34. The van der Waals surface area contributed by atoms with Gasteiger partial charge in [0.05, 0.1) is 10.9 Å². The van der Waals surface area contributed by atoms with Gasteiger partial charge >= 0.3 is 0 Å². The molecule has 1 N–H and O–H groups in total. The smallest absolute Gasteiger partial charge is 0.229 e. The number of carbonyl (C=O) groups excluding carboxylic acids is 2. The van der Waals surface area contributed by atoms with Crippen molar-refractivity contribution in [3.8, 4) is 0 Å². The number of hydrogen-bond acceptors (Lipinski definition) is 4. The Morgan fingerprint density at radius 3 is 2.85 bits per heavy atom. The van der Waals surface area contributed by atoms with Gasteiger partial charge in [0, 0.05) is 36.6 Å². The Labute approximate surface area is 158 Å². The van der Waals surface area contributed by atoms with Crippen molar-refractivity contribution in [1.29, 1.82) is 0 Å². The zero-order chi connectivity index (χ0) is 18.5. The van der Waals surface area contributed by atoms with E-state index in [0.29, 0.717) is 13.0 Å². The average Bonchev–Trinajstić information content (AvgIpc) is 3.03. The first-order valence-electron chi connectivity index (χ1n) is 8.76. The minimum absolute atomic E-state index is 0.0562. The van der Waals surface area contributed by atoms with Crippen molar-refractivity contribution in [3.63, 3.8) is 0 Å². The van der Waals surface area contributed by atoms with Gasteiger partial charge in [-0.05, 0) is 43.7 Å². The number of amides is 2. The van der Waals surface area contributed by atoms with Crippen LogP contribution in [0.15, 0.2) is 53.7 Å². The molecule has 0 radical (unpaired) electrons. The number of thioether (sulfide) groups is 1. The van der Waals surface area contributed by atoms with Crippen LogP contribution in [0.2, 0.25) is 0 Å². The number of rotatable bonds is 6. The summed E-state index contributed by atoms with van der Waals surface area (Å²) in [6.07, 6.45) is 2.07. The van der Waals surface area contributed by atoms with Crippen LogP contribution in [0.1, 0.15) is 25.8 Å². The molecule has 1 aliphatic heterocycles. The summed E-state index contributed by atoms with van der Waals surface area (Å²) in [5.41, 5.74) is 1.88. The molecule has 1 unspecified atom stereocenters. The zero-order valence-corrected chi connectivity index (χ0v) is 15.8. The highest BCUT2D eigenvalue weighted by Gasteiger charge is 2.35. The van der Waals surface area contributed by atoms with Crippen LogP contribution in [0.4, 0.5) is 5.69 Å². The van der Waals surface area contributed by atoms with Crippen LogP contribution < -0.4 is 5.32 Å². The average molecular weight is 369 g/mol. The maximum absolute atomic E-state index is 12.5. The Balaban J connectivity index is 1.58. The molecule has 1 aromatic carbocycles. The molecule has 3 rings (SSSR count). The van der Waals surface area contributed by atoms with E-state index in [2.05, 4.69) is 10.3 Å². The van der Waals surface area contributed by atoms with Crippen LogP contribution >= 0.6 is 11.8 Å². The quantitative estimate of drug-likeness (QED) is 0.791. The second-order valence-corrected chi connectivity index (χ2v) is 7.68. The lowest BCUT2D eigenvalue weighted by molar-refractivity contribution is -0.129. The van der Waals surface area contributed by atoms with Gasteiger partial charge in [-0.2, -0.15) is 0 Å². The molecule has 2 aromatic rings. The summed E-state index contributed by atoms with van der Waals surface area (Å²) in [6.45, 7) is 4.44. The van der Waals surface area contributed by atoms with Gasteiger partial charge in [0.2, 0.25) is 11.8 Å². The van der Waals surface area contributed by atoms with Crippen LogP contribution in [-0.2, 0) is 15.3 Å². The Kier molecular flexibility index (Phi) is 5.93. The fraction of sp³-hybridized carbons (Fsp3) is 0.350. The molecular weight excluding hydrogens is 346 g/mol. The number of pyridine rings is 1. The van der Waals surface area contributed by atoms with E-state index in [1.54, 1.807) is 22.9 Å². The SMILES string of the molecule is CC(C)N1CC(C(=O)Nc2cccc(CSc3ccccn3)c2)CC1=O. The molecule has 0 bridgehead atoms. The number of anilines is 1. The minimum atomic E-state index is -0.281. The monoisotopic (exact) mass is 369 g/mol. The normalized spacial score (nSPS) is 17.0. The van der Waals surface area contributed by atoms with Gasteiger partial charge < -0.3 is 10.2 Å². The van der Waals surface area contributed by atoms with E-state index in [9.17, 15) is 9.59 Å². The molecule has 2 heterocycles. The van der Waals surface area contributed by atoms with Crippen molar-refractivity contribution in [2.45, 2.75) is 37.1 Å². The molecule has 0 aliphatic carbocycles. The lowest BCUT2D eigenvalue weighted by Crippen LogP contribution is -2.33. The molecule has 136 valence electrons. The Bertz CT molecular complexity index is 780. The van der Waals surface area contributed by atoms with Crippen LogP contribution in [0, 0.1) is 5.92 Å². The maximum atomic E-state index is 12.5. The fourth-order valence-electron chi connectivity index (χ4n) is 2.98. The van der Waals surface area contributed by atoms with Crippen molar-refractivity contribution in [2.24, 2.45) is 5.92 Å². The van der Waals surface area contributed by atoms with Crippen molar-refractivity contribution in [2.75, 3.05) is 11.9 Å². The van der Waals surface area contributed by atoms with E-state index in [0.717, 1.165) is 22.0 Å². The molecule has 1 saturated heterocycles. The number of nitrogens with zero attached hydrogens (tertiary/aromatic N) is 2. The van der Waals surface area contributed by atoms with Crippen molar-refractivity contribution >= 4 is 29.3 Å². The van der Waals surface area contributed by atoms with Gasteiger partial charge in [-0.1, -0.05) is 18.2 Å². The maximum Gasteiger partial charge on any atom is 0.229 e. The van der Waals surface area contributed by atoms with Crippen LogP contribution in [-0.4, -0.2) is 34.3 Å². The van der Waals surface area contributed by atoms with Gasteiger partial charge in [-0.3, -0.25) is 9.59 Å². The zero-order valence-electron chi connectivity index (χ0n) is 15.0. The van der Waals surface area contributed by atoms with Crippen LogP contribution in [0.3, 0.4) is 0 Å². The first kappa shape index (κ1) is 18.5. The van der Waals surface area contributed by atoms with E-state index in [1.807, 2.05) is 56.3 Å². The summed E-state index contributed by atoms with van der Waals surface area (Å²) in [4.78, 5) is 30.6. The summed E-state index contributed by atoms with van der Waals surface area (Å²) >= 11 is 1.66. The first-order valence-corrected chi connectivity index (χ1v) is 9.74. The molecule has 5 nitrogen and oxygen atoms in total. The molecule has 1 aliphatic rings. The summed E-state index contributed by atoms with van der Waals surface area (Å²) in [7, 11) is 0. The Morgan fingerprint density at radius 1 is 1.31 bits per heavy atom. The third kappa shape index (κ3) is 4.64. The topological polar surface area (TPSA) is 62.3 Å². The van der Waals surface area contributed by atoms with Gasteiger partial charge in [0.25, 0.3) is 0 Å². The highest BCUT2D eigenvalue weighted by Crippen LogP contribution is 2.24. The molecule has 0 spiro atoms. The lowest BCUT2D eigenvalue weighted by Gasteiger charge is -2.20. The Morgan fingerprint density at radius 2 is 2.15 bits per heavy atom. The van der Waals surface area contributed by atoms with Crippen molar-refractivity contribution in [3.05, 3.63) is 54.2 Å². The summed E-state index contributed by atoms with van der Waals surface area (Å²) in [5, 5.41) is 3.93. The first-order chi connectivity index (χ1) is 12.5. The largest absolute Gasteiger partial charge is 0.339 e. The van der Waals surface area contributed by atoms with E-state index in [1.165, 1.54) is 0 Å². The molecule has 6 heteroatoms.